The van der Waals surface area contributed by atoms with E-state index in [2.05, 4.69) is 15.2 Å². The van der Waals surface area contributed by atoms with Gasteiger partial charge in [-0.25, -0.2) is 4.98 Å². The van der Waals surface area contributed by atoms with Crippen molar-refractivity contribution >= 4 is 29.1 Å². The molecule has 0 bridgehead atoms. The molecule has 0 aliphatic carbocycles. The summed E-state index contributed by atoms with van der Waals surface area (Å²) in [5.41, 5.74) is 0.512. The molecule has 0 saturated carbocycles. The molecule has 6 nitrogen and oxygen atoms in total. The van der Waals surface area contributed by atoms with Crippen molar-refractivity contribution in [2.75, 3.05) is 31.5 Å². The fraction of sp³-hybridized carbons (Fsp3) is 0.500. The number of nitrogens with one attached hydrogen (secondary N) is 1. The Kier molecular flexibility index (Phi) is 5.14. The number of rotatable bonds is 3. The number of aromatic nitrogens is 1. The van der Waals surface area contributed by atoms with Crippen molar-refractivity contribution in [3.8, 4) is 0 Å². The van der Waals surface area contributed by atoms with Crippen LogP contribution in [0.2, 0.25) is 5.15 Å². The van der Waals surface area contributed by atoms with Gasteiger partial charge in [0.25, 0.3) is 0 Å². The number of hydrogen-bond acceptors (Lipinski definition) is 4. The van der Waals surface area contributed by atoms with Gasteiger partial charge in [-0.05, 0) is 19.1 Å². The number of anilines is 1. The van der Waals surface area contributed by atoms with Gasteiger partial charge < -0.3 is 10.2 Å². The molecular weight excluding hydrogens is 292 g/mol. The predicted octanol–water partition coefficient (Wildman–Crippen LogP) is 1.23. The van der Waals surface area contributed by atoms with E-state index >= 15 is 0 Å². The molecule has 1 N–H and O–H groups in total. The summed E-state index contributed by atoms with van der Waals surface area (Å²) >= 11 is 5.93. The molecule has 114 valence electrons. The van der Waals surface area contributed by atoms with E-state index in [9.17, 15) is 9.59 Å². The smallest absolute Gasteiger partial charge is 0.241 e. The summed E-state index contributed by atoms with van der Waals surface area (Å²) in [4.78, 5) is 31.3. The topological polar surface area (TPSA) is 65.5 Å². The molecule has 21 heavy (non-hydrogen) atoms. The van der Waals surface area contributed by atoms with Crippen molar-refractivity contribution in [2.24, 2.45) is 0 Å². The molecule has 0 unspecified atom stereocenters. The average Bonchev–Trinajstić information content (AvgIpc) is 2.49. The quantitative estimate of drug-likeness (QED) is 0.853. The molecule has 0 spiro atoms. The van der Waals surface area contributed by atoms with Crippen LogP contribution in [0.25, 0.3) is 0 Å². The van der Waals surface area contributed by atoms with E-state index in [4.69, 9.17) is 11.6 Å². The van der Waals surface area contributed by atoms with Crippen molar-refractivity contribution in [1.82, 2.24) is 14.8 Å². The summed E-state index contributed by atoms with van der Waals surface area (Å²) in [6, 6.07) is 3.15. The highest BCUT2D eigenvalue weighted by Crippen LogP contribution is 2.18. The van der Waals surface area contributed by atoms with E-state index < -0.39 is 0 Å². The third kappa shape index (κ3) is 3.92. The number of carbonyl (C=O) groups is 2. The Morgan fingerprint density at radius 1 is 1.33 bits per heavy atom. The summed E-state index contributed by atoms with van der Waals surface area (Å²) in [6.07, 6.45) is 1.57. The number of halogens is 1. The van der Waals surface area contributed by atoms with Gasteiger partial charge >= 0.3 is 0 Å². The lowest BCUT2D eigenvalue weighted by molar-refractivity contribution is -0.131. The Hall–Kier alpha value is -1.66. The molecule has 1 aliphatic rings. The van der Waals surface area contributed by atoms with Crippen molar-refractivity contribution < 1.29 is 9.59 Å². The van der Waals surface area contributed by atoms with Crippen LogP contribution in [0.15, 0.2) is 18.3 Å². The van der Waals surface area contributed by atoms with Gasteiger partial charge in [-0.1, -0.05) is 11.6 Å². The maximum Gasteiger partial charge on any atom is 0.241 e. The molecule has 0 aromatic carbocycles. The molecule has 1 saturated heterocycles. The molecule has 1 aromatic rings. The molecule has 7 heteroatoms. The van der Waals surface area contributed by atoms with Crippen LogP contribution in [-0.4, -0.2) is 58.8 Å². The Morgan fingerprint density at radius 2 is 2.00 bits per heavy atom. The van der Waals surface area contributed by atoms with Gasteiger partial charge in [0.1, 0.15) is 0 Å². The molecule has 1 fully saturated rings. The Morgan fingerprint density at radius 3 is 2.57 bits per heavy atom. The van der Waals surface area contributed by atoms with Gasteiger partial charge in [-0.15, -0.1) is 0 Å². The van der Waals surface area contributed by atoms with Crippen LogP contribution >= 0.6 is 11.6 Å². The first kappa shape index (κ1) is 15.7. The number of carbonyl (C=O) groups excluding carboxylic acids is 2. The van der Waals surface area contributed by atoms with Crippen molar-refractivity contribution in [3.05, 3.63) is 23.5 Å². The normalized spacial score (nSPS) is 17.4. The molecule has 0 radical (unpaired) electrons. The minimum atomic E-state index is -0.282. The summed E-state index contributed by atoms with van der Waals surface area (Å²) in [6.45, 7) is 6.10. The number of hydrogen-bond donors (Lipinski definition) is 1. The van der Waals surface area contributed by atoms with Gasteiger partial charge in [0, 0.05) is 39.3 Å². The Bertz CT molecular complexity index is 529. The zero-order valence-electron chi connectivity index (χ0n) is 12.2. The van der Waals surface area contributed by atoms with E-state index in [-0.39, 0.29) is 23.0 Å². The fourth-order valence-corrected chi connectivity index (χ4v) is 2.47. The van der Waals surface area contributed by atoms with Crippen molar-refractivity contribution in [2.45, 2.75) is 19.9 Å². The maximum atomic E-state index is 12.3. The lowest BCUT2D eigenvalue weighted by Gasteiger charge is -2.37. The summed E-state index contributed by atoms with van der Waals surface area (Å²) in [5.74, 6) is -0.0462. The second kappa shape index (κ2) is 6.87. The second-order valence-electron chi connectivity index (χ2n) is 5.05. The van der Waals surface area contributed by atoms with Crippen LogP contribution in [0.5, 0.6) is 0 Å². The standard InChI is InChI=1S/C14H19ClN4O2/c1-10(18-6-8-19(9-7-18)11(2)20)14(21)17-12-4-3-5-16-13(12)15/h3-5,10H,6-9H2,1-2H3,(H,17,21)/t10-/m1/s1. The second-order valence-corrected chi connectivity index (χ2v) is 5.41. The van der Waals surface area contributed by atoms with Crippen LogP contribution in [0, 0.1) is 0 Å². The van der Waals surface area contributed by atoms with Crippen LogP contribution in [0.3, 0.4) is 0 Å². The lowest BCUT2D eigenvalue weighted by atomic mass is 10.2. The Labute approximate surface area is 129 Å². The van der Waals surface area contributed by atoms with Gasteiger partial charge in [0.2, 0.25) is 11.8 Å². The molecule has 1 aliphatic heterocycles. The van der Waals surface area contributed by atoms with Crippen LogP contribution in [-0.2, 0) is 9.59 Å². The highest BCUT2D eigenvalue weighted by atomic mass is 35.5. The molecular formula is C14H19ClN4O2. The summed E-state index contributed by atoms with van der Waals surface area (Å²) in [5, 5.41) is 3.06. The first-order chi connectivity index (χ1) is 9.99. The average molecular weight is 311 g/mol. The Balaban J connectivity index is 1.92. The highest BCUT2D eigenvalue weighted by Gasteiger charge is 2.26. The zero-order valence-corrected chi connectivity index (χ0v) is 12.9. The van der Waals surface area contributed by atoms with Crippen molar-refractivity contribution in [3.63, 3.8) is 0 Å². The largest absolute Gasteiger partial charge is 0.340 e. The predicted molar refractivity (Wildman–Crippen MR) is 81.2 cm³/mol. The fourth-order valence-electron chi connectivity index (χ4n) is 2.31. The monoisotopic (exact) mass is 310 g/mol. The molecule has 2 heterocycles. The zero-order chi connectivity index (χ0) is 15.4. The SMILES string of the molecule is CC(=O)N1CCN([C@H](C)C(=O)Nc2cccnc2Cl)CC1. The number of nitrogens with zero attached hydrogens (tertiary/aromatic N) is 3. The maximum absolute atomic E-state index is 12.3. The van der Waals surface area contributed by atoms with Crippen molar-refractivity contribution in [1.29, 1.82) is 0 Å². The molecule has 2 rings (SSSR count). The number of amides is 2. The van der Waals surface area contributed by atoms with E-state index in [1.807, 2.05) is 6.92 Å². The van der Waals surface area contributed by atoms with E-state index in [0.29, 0.717) is 31.9 Å². The van der Waals surface area contributed by atoms with E-state index in [1.165, 1.54) is 0 Å². The molecule has 1 atom stereocenters. The third-order valence-corrected chi connectivity index (χ3v) is 4.00. The third-order valence-electron chi connectivity index (χ3n) is 3.70. The summed E-state index contributed by atoms with van der Waals surface area (Å²) in [7, 11) is 0. The van der Waals surface area contributed by atoms with Gasteiger partial charge in [-0.3, -0.25) is 14.5 Å². The van der Waals surface area contributed by atoms with E-state index in [0.717, 1.165) is 0 Å². The lowest BCUT2D eigenvalue weighted by Crippen LogP contribution is -2.53. The molecule has 2 amide bonds. The number of piperazine rings is 1. The first-order valence-electron chi connectivity index (χ1n) is 6.90. The minimum absolute atomic E-state index is 0.0777. The van der Waals surface area contributed by atoms with Crippen LogP contribution < -0.4 is 5.32 Å². The van der Waals surface area contributed by atoms with Crippen LogP contribution in [0.4, 0.5) is 5.69 Å². The van der Waals surface area contributed by atoms with Crippen LogP contribution in [0.1, 0.15) is 13.8 Å². The first-order valence-corrected chi connectivity index (χ1v) is 7.28. The van der Waals surface area contributed by atoms with E-state index in [1.54, 1.807) is 30.2 Å². The van der Waals surface area contributed by atoms with Gasteiger partial charge in [0.15, 0.2) is 5.15 Å². The molecule has 1 aromatic heterocycles. The minimum Gasteiger partial charge on any atom is -0.340 e. The van der Waals surface area contributed by atoms with Gasteiger partial charge in [-0.2, -0.15) is 0 Å². The van der Waals surface area contributed by atoms with Gasteiger partial charge in [0.05, 0.1) is 11.7 Å². The number of pyridine rings is 1. The highest BCUT2D eigenvalue weighted by molar-refractivity contribution is 6.32. The summed E-state index contributed by atoms with van der Waals surface area (Å²) < 4.78 is 0.